The van der Waals surface area contributed by atoms with Crippen molar-refractivity contribution in [2.24, 2.45) is 0 Å². The van der Waals surface area contributed by atoms with Gasteiger partial charge in [0.1, 0.15) is 13.2 Å². The average Bonchev–Trinajstić information content (AvgIpc) is 3.21. The molecular formula is C29H37NO5. The van der Waals surface area contributed by atoms with Gasteiger partial charge in [-0.1, -0.05) is 32.6 Å². The summed E-state index contributed by atoms with van der Waals surface area (Å²) in [6.45, 7) is 3.50. The number of fused-ring (bicyclic) bond motifs is 6. The molecule has 35 heavy (non-hydrogen) atoms. The van der Waals surface area contributed by atoms with E-state index in [9.17, 15) is 5.11 Å². The van der Waals surface area contributed by atoms with E-state index in [0.717, 1.165) is 30.1 Å². The third-order valence-electron chi connectivity index (χ3n) is 7.97. The second-order valence-corrected chi connectivity index (χ2v) is 9.75. The predicted molar refractivity (Wildman–Crippen MR) is 137 cm³/mol. The zero-order chi connectivity index (χ0) is 24.6. The van der Waals surface area contributed by atoms with Gasteiger partial charge in [-0.2, -0.15) is 0 Å². The van der Waals surface area contributed by atoms with Crippen molar-refractivity contribution < 1.29 is 24.1 Å². The zero-order valence-corrected chi connectivity index (χ0v) is 21.4. The molecule has 2 heterocycles. The molecule has 1 N–H and O–H groups in total. The number of rotatable bonds is 9. The van der Waals surface area contributed by atoms with Crippen LogP contribution in [0.4, 0.5) is 0 Å². The van der Waals surface area contributed by atoms with E-state index in [1.165, 1.54) is 47.1 Å². The van der Waals surface area contributed by atoms with Gasteiger partial charge in [0, 0.05) is 12.6 Å². The van der Waals surface area contributed by atoms with Crippen LogP contribution in [0.15, 0.2) is 24.3 Å². The third kappa shape index (κ3) is 3.78. The molecule has 188 valence electrons. The SMILES string of the molecule is CCCCCCC12C(=Cc3cc4c(cc31)OCCO4)c1cc(OC)c(OC)cc1C(CCO)N2C. The molecule has 0 amide bonds. The first kappa shape index (κ1) is 24.0. The van der Waals surface area contributed by atoms with E-state index in [2.05, 4.69) is 49.2 Å². The largest absolute Gasteiger partial charge is 0.493 e. The predicted octanol–water partition coefficient (Wildman–Crippen LogP) is 5.56. The van der Waals surface area contributed by atoms with Crippen LogP contribution >= 0.6 is 0 Å². The number of methoxy groups -OCH3 is 2. The number of ether oxygens (including phenoxy) is 4. The van der Waals surface area contributed by atoms with Crippen molar-refractivity contribution in [3.05, 3.63) is 46.5 Å². The first-order valence-electron chi connectivity index (χ1n) is 12.8. The van der Waals surface area contributed by atoms with E-state index in [0.29, 0.717) is 25.4 Å². The molecule has 0 radical (unpaired) electrons. The van der Waals surface area contributed by atoms with Crippen molar-refractivity contribution in [1.82, 2.24) is 4.90 Å². The van der Waals surface area contributed by atoms with Crippen LogP contribution in [0.25, 0.3) is 11.6 Å². The molecule has 0 saturated heterocycles. The Hall–Kier alpha value is -2.70. The molecule has 2 atom stereocenters. The van der Waals surface area contributed by atoms with Gasteiger partial charge in [0.05, 0.1) is 19.8 Å². The molecule has 2 unspecified atom stereocenters. The number of nitrogens with zero attached hydrogens (tertiary/aromatic N) is 1. The maximum absolute atomic E-state index is 10.1. The monoisotopic (exact) mass is 479 g/mol. The normalized spacial score (nSPS) is 22.2. The number of likely N-dealkylation sites (N-methyl/N-ethyl adjacent to an activating group) is 1. The van der Waals surface area contributed by atoms with Crippen LogP contribution in [0.1, 0.15) is 73.7 Å². The Bertz CT molecular complexity index is 1130. The third-order valence-corrected chi connectivity index (χ3v) is 7.97. The molecule has 3 aliphatic rings. The van der Waals surface area contributed by atoms with E-state index in [1.54, 1.807) is 14.2 Å². The van der Waals surface area contributed by atoms with Gasteiger partial charge < -0.3 is 24.1 Å². The standard InChI is InChI=1S/C29H37NO5/c1-5-6-7-8-10-29-22-18-28-27(34-12-13-35-28)15-19(22)14-23(29)20-16-25(32-3)26(33-4)17-21(20)24(9-11-31)30(29)2/h14-18,24,31H,5-13H2,1-4H3. The maximum Gasteiger partial charge on any atom is 0.161 e. The number of benzene rings is 2. The van der Waals surface area contributed by atoms with Crippen molar-refractivity contribution in [3.8, 4) is 23.0 Å². The molecule has 5 rings (SSSR count). The van der Waals surface area contributed by atoms with Gasteiger partial charge >= 0.3 is 0 Å². The van der Waals surface area contributed by atoms with Gasteiger partial charge in [-0.15, -0.1) is 0 Å². The summed E-state index contributed by atoms with van der Waals surface area (Å²) in [7, 11) is 5.56. The van der Waals surface area contributed by atoms with E-state index in [4.69, 9.17) is 18.9 Å². The lowest BCUT2D eigenvalue weighted by Crippen LogP contribution is -2.49. The fraction of sp³-hybridized carbons (Fsp3) is 0.517. The highest BCUT2D eigenvalue weighted by atomic mass is 16.6. The summed E-state index contributed by atoms with van der Waals surface area (Å²) in [6, 6.07) is 8.59. The second kappa shape index (κ2) is 9.75. The zero-order valence-electron chi connectivity index (χ0n) is 21.4. The number of hydrogen-bond acceptors (Lipinski definition) is 6. The van der Waals surface area contributed by atoms with Crippen molar-refractivity contribution in [3.63, 3.8) is 0 Å². The van der Waals surface area contributed by atoms with E-state index in [-0.39, 0.29) is 18.2 Å². The first-order chi connectivity index (χ1) is 17.1. The average molecular weight is 480 g/mol. The lowest BCUT2D eigenvalue weighted by molar-refractivity contribution is 0.0803. The molecule has 0 spiro atoms. The summed E-state index contributed by atoms with van der Waals surface area (Å²) < 4.78 is 23.3. The van der Waals surface area contributed by atoms with Crippen LogP contribution < -0.4 is 18.9 Å². The summed E-state index contributed by atoms with van der Waals surface area (Å²) in [5.74, 6) is 3.07. The minimum atomic E-state index is -0.314. The maximum atomic E-state index is 10.1. The Balaban J connectivity index is 1.73. The Morgan fingerprint density at radius 3 is 2.40 bits per heavy atom. The van der Waals surface area contributed by atoms with Gasteiger partial charge in [0.15, 0.2) is 23.0 Å². The Morgan fingerprint density at radius 2 is 1.71 bits per heavy atom. The minimum absolute atomic E-state index is 0.0392. The van der Waals surface area contributed by atoms with Gasteiger partial charge in [-0.25, -0.2) is 0 Å². The number of unbranched alkanes of at least 4 members (excludes halogenated alkanes) is 3. The van der Waals surface area contributed by atoms with Crippen molar-refractivity contribution in [1.29, 1.82) is 0 Å². The molecule has 2 aromatic rings. The fourth-order valence-corrected chi connectivity index (χ4v) is 6.29. The molecular weight excluding hydrogens is 442 g/mol. The molecule has 0 fully saturated rings. The van der Waals surface area contributed by atoms with Crippen molar-refractivity contribution >= 4 is 11.6 Å². The van der Waals surface area contributed by atoms with Crippen LogP contribution in [0.3, 0.4) is 0 Å². The second-order valence-electron chi connectivity index (χ2n) is 9.75. The van der Waals surface area contributed by atoms with Crippen LogP contribution in [0, 0.1) is 0 Å². The number of hydrogen-bond donors (Lipinski definition) is 1. The highest BCUT2D eigenvalue weighted by Gasteiger charge is 2.52. The highest BCUT2D eigenvalue weighted by Crippen LogP contribution is 2.61. The van der Waals surface area contributed by atoms with Crippen LogP contribution in [0.2, 0.25) is 0 Å². The quantitative estimate of drug-likeness (QED) is 0.475. The van der Waals surface area contributed by atoms with Crippen molar-refractivity contribution in [2.75, 3.05) is 41.1 Å². The topological polar surface area (TPSA) is 60.4 Å². The van der Waals surface area contributed by atoms with Gasteiger partial charge in [-0.3, -0.25) is 4.90 Å². The van der Waals surface area contributed by atoms with Crippen LogP contribution in [-0.2, 0) is 5.54 Å². The fourth-order valence-electron chi connectivity index (χ4n) is 6.29. The summed E-state index contributed by atoms with van der Waals surface area (Å²) in [5, 5.41) is 10.1. The van der Waals surface area contributed by atoms with Crippen molar-refractivity contribution in [2.45, 2.75) is 57.0 Å². The Kier molecular flexibility index (Phi) is 6.69. The Morgan fingerprint density at radius 1 is 1.00 bits per heavy atom. The van der Waals surface area contributed by atoms with Crippen LogP contribution in [0.5, 0.6) is 23.0 Å². The molecule has 0 aromatic heterocycles. The molecule has 0 bridgehead atoms. The lowest BCUT2D eigenvalue weighted by Gasteiger charge is -2.51. The molecule has 2 aromatic carbocycles. The minimum Gasteiger partial charge on any atom is -0.493 e. The van der Waals surface area contributed by atoms with E-state index >= 15 is 0 Å². The summed E-state index contributed by atoms with van der Waals surface area (Å²) in [6.07, 6.45) is 8.72. The lowest BCUT2D eigenvalue weighted by atomic mass is 9.71. The van der Waals surface area contributed by atoms with E-state index in [1.807, 2.05) is 0 Å². The summed E-state index contributed by atoms with van der Waals surface area (Å²) in [5.41, 5.74) is 5.74. The smallest absolute Gasteiger partial charge is 0.161 e. The molecule has 1 aliphatic carbocycles. The number of aliphatic hydroxyl groups is 1. The highest BCUT2D eigenvalue weighted by molar-refractivity contribution is 5.97. The van der Waals surface area contributed by atoms with E-state index < -0.39 is 0 Å². The summed E-state index contributed by atoms with van der Waals surface area (Å²) in [4.78, 5) is 2.48. The molecule has 0 saturated carbocycles. The van der Waals surface area contributed by atoms with Gasteiger partial charge in [-0.05, 0) is 78.1 Å². The Labute approximate surface area is 208 Å². The first-order valence-corrected chi connectivity index (χ1v) is 12.8. The molecule has 6 heteroatoms. The van der Waals surface area contributed by atoms with Crippen LogP contribution in [-0.4, -0.2) is 51.1 Å². The number of aliphatic hydroxyl groups excluding tert-OH is 1. The molecule has 2 aliphatic heterocycles. The molecule has 6 nitrogen and oxygen atoms in total. The summed E-state index contributed by atoms with van der Waals surface area (Å²) >= 11 is 0. The van der Waals surface area contributed by atoms with Gasteiger partial charge in [0.25, 0.3) is 0 Å². The van der Waals surface area contributed by atoms with Gasteiger partial charge in [0.2, 0.25) is 0 Å².